The van der Waals surface area contributed by atoms with Crippen molar-refractivity contribution in [1.29, 1.82) is 0 Å². The van der Waals surface area contributed by atoms with E-state index in [1.807, 2.05) is 37.4 Å². The van der Waals surface area contributed by atoms with Crippen LogP contribution in [0.2, 0.25) is 0 Å². The third kappa shape index (κ3) is 5.56. The molecule has 0 fully saturated rings. The second-order valence-electron chi connectivity index (χ2n) is 7.88. The van der Waals surface area contributed by atoms with Crippen molar-refractivity contribution >= 4 is 17.5 Å². The molecule has 0 saturated carbocycles. The summed E-state index contributed by atoms with van der Waals surface area (Å²) in [7, 11) is 0. The third-order valence-electron chi connectivity index (χ3n) is 5.77. The number of para-hydroxylation sites is 2. The molecule has 2 amide bonds. The highest BCUT2D eigenvalue weighted by molar-refractivity contribution is 6.39. The number of amides is 2. The van der Waals surface area contributed by atoms with Gasteiger partial charge in [-0.2, -0.15) is 0 Å². The molecular weight excluding hydrogens is 416 g/mol. The van der Waals surface area contributed by atoms with E-state index in [0.29, 0.717) is 24.6 Å². The van der Waals surface area contributed by atoms with Gasteiger partial charge in [0, 0.05) is 32.0 Å². The number of pyridine rings is 1. The third-order valence-corrected chi connectivity index (χ3v) is 5.77. The number of anilines is 1. The van der Waals surface area contributed by atoms with Crippen LogP contribution in [0.5, 0.6) is 5.75 Å². The standard InChI is InChI=1S/C26H28N4O3/c1-2-33-24-12-6-5-11-22(24)29-26(32)25(31)28-17-23(20-10-7-14-27-16-20)30-15-13-19-8-3-4-9-21(19)18-30/h3-12,14,16,23H,2,13,15,17-18H2,1H3,(H,28,31)(H,29,32)/t23-/m0/s1. The number of hydrogen-bond donors (Lipinski definition) is 2. The number of nitrogens with zero attached hydrogens (tertiary/aromatic N) is 2. The van der Waals surface area contributed by atoms with Gasteiger partial charge in [-0.25, -0.2) is 0 Å². The molecule has 3 aromatic rings. The smallest absolute Gasteiger partial charge is 0.313 e. The summed E-state index contributed by atoms with van der Waals surface area (Å²) in [6.07, 6.45) is 4.49. The zero-order valence-corrected chi connectivity index (χ0v) is 18.7. The van der Waals surface area contributed by atoms with Crippen LogP contribution in [-0.4, -0.2) is 41.4 Å². The first-order chi connectivity index (χ1) is 16.2. The van der Waals surface area contributed by atoms with E-state index in [9.17, 15) is 9.59 Å². The maximum absolute atomic E-state index is 12.6. The quantitative estimate of drug-likeness (QED) is 0.546. The van der Waals surface area contributed by atoms with Gasteiger partial charge in [-0.3, -0.25) is 19.5 Å². The summed E-state index contributed by atoms with van der Waals surface area (Å²) >= 11 is 0. The molecule has 2 aromatic carbocycles. The Morgan fingerprint density at radius 3 is 2.61 bits per heavy atom. The molecule has 1 aromatic heterocycles. The van der Waals surface area contributed by atoms with Gasteiger partial charge in [-0.1, -0.05) is 42.5 Å². The van der Waals surface area contributed by atoms with Crippen molar-refractivity contribution in [2.75, 3.05) is 25.0 Å². The Labute approximate surface area is 193 Å². The van der Waals surface area contributed by atoms with Crippen LogP contribution >= 0.6 is 0 Å². The molecule has 33 heavy (non-hydrogen) atoms. The molecule has 0 spiro atoms. The largest absolute Gasteiger partial charge is 0.492 e. The first kappa shape index (κ1) is 22.5. The Morgan fingerprint density at radius 2 is 1.82 bits per heavy atom. The van der Waals surface area contributed by atoms with E-state index >= 15 is 0 Å². The Balaban J connectivity index is 1.44. The molecule has 2 heterocycles. The van der Waals surface area contributed by atoms with Gasteiger partial charge in [-0.15, -0.1) is 0 Å². The molecule has 4 rings (SSSR count). The molecule has 1 atom stereocenters. The number of ether oxygens (including phenoxy) is 1. The van der Waals surface area contributed by atoms with Crippen molar-refractivity contribution in [3.05, 3.63) is 89.7 Å². The number of carbonyl (C=O) groups excluding carboxylic acids is 2. The Bertz CT molecular complexity index is 1100. The predicted molar refractivity (Wildman–Crippen MR) is 127 cm³/mol. The Morgan fingerprint density at radius 1 is 1.03 bits per heavy atom. The van der Waals surface area contributed by atoms with E-state index in [2.05, 4.69) is 38.7 Å². The van der Waals surface area contributed by atoms with Gasteiger partial charge in [0.2, 0.25) is 0 Å². The van der Waals surface area contributed by atoms with Crippen LogP contribution < -0.4 is 15.4 Å². The average Bonchev–Trinajstić information content (AvgIpc) is 2.86. The summed E-state index contributed by atoms with van der Waals surface area (Å²) in [5, 5.41) is 5.46. The summed E-state index contributed by atoms with van der Waals surface area (Å²) in [6, 6.07) is 19.3. The lowest BCUT2D eigenvalue weighted by molar-refractivity contribution is -0.136. The highest BCUT2D eigenvalue weighted by Gasteiger charge is 2.26. The normalized spacial score (nSPS) is 14.1. The lowest BCUT2D eigenvalue weighted by Crippen LogP contribution is -2.43. The second kappa shape index (κ2) is 10.7. The van der Waals surface area contributed by atoms with E-state index in [0.717, 1.165) is 25.1 Å². The molecule has 1 aliphatic heterocycles. The van der Waals surface area contributed by atoms with Crippen molar-refractivity contribution in [2.24, 2.45) is 0 Å². The SMILES string of the molecule is CCOc1ccccc1NC(=O)C(=O)NC[C@@H](c1cccnc1)N1CCc2ccccc2C1. The fourth-order valence-electron chi connectivity index (χ4n) is 4.11. The van der Waals surface area contributed by atoms with E-state index in [4.69, 9.17) is 4.74 Å². The molecule has 2 N–H and O–H groups in total. The molecule has 170 valence electrons. The zero-order valence-electron chi connectivity index (χ0n) is 18.7. The molecule has 0 aliphatic carbocycles. The number of benzene rings is 2. The van der Waals surface area contributed by atoms with Gasteiger partial charge >= 0.3 is 11.8 Å². The molecule has 7 heteroatoms. The van der Waals surface area contributed by atoms with Crippen molar-refractivity contribution < 1.29 is 14.3 Å². The predicted octanol–water partition coefficient (Wildman–Crippen LogP) is 3.33. The summed E-state index contributed by atoms with van der Waals surface area (Å²) < 4.78 is 5.52. The van der Waals surface area contributed by atoms with Gasteiger partial charge in [0.25, 0.3) is 0 Å². The molecule has 0 unspecified atom stereocenters. The number of carbonyl (C=O) groups is 2. The highest BCUT2D eigenvalue weighted by atomic mass is 16.5. The van der Waals surface area contributed by atoms with E-state index in [1.54, 1.807) is 24.4 Å². The van der Waals surface area contributed by atoms with Crippen LogP contribution in [0.3, 0.4) is 0 Å². The number of hydrogen-bond acceptors (Lipinski definition) is 5. The molecule has 0 bridgehead atoms. The van der Waals surface area contributed by atoms with Gasteiger partial charge in [0.15, 0.2) is 0 Å². The average molecular weight is 445 g/mol. The number of nitrogens with one attached hydrogen (secondary N) is 2. The zero-order chi connectivity index (χ0) is 23.0. The first-order valence-electron chi connectivity index (χ1n) is 11.2. The fourth-order valence-corrected chi connectivity index (χ4v) is 4.11. The van der Waals surface area contributed by atoms with Crippen LogP contribution in [0.4, 0.5) is 5.69 Å². The van der Waals surface area contributed by atoms with Crippen molar-refractivity contribution in [3.8, 4) is 5.75 Å². The van der Waals surface area contributed by atoms with Crippen molar-refractivity contribution in [2.45, 2.75) is 25.9 Å². The monoisotopic (exact) mass is 444 g/mol. The summed E-state index contributed by atoms with van der Waals surface area (Å²) in [5.41, 5.74) is 4.11. The summed E-state index contributed by atoms with van der Waals surface area (Å²) in [6.45, 7) is 4.26. The highest BCUT2D eigenvalue weighted by Crippen LogP contribution is 2.27. The molecule has 0 radical (unpaired) electrons. The Kier molecular flexibility index (Phi) is 7.32. The molecular formula is C26H28N4O3. The van der Waals surface area contributed by atoms with E-state index in [1.165, 1.54) is 11.1 Å². The van der Waals surface area contributed by atoms with Crippen LogP contribution in [0.1, 0.15) is 29.7 Å². The minimum Gasteiger partial charge on any atom is -0.492 e. The van der Waals surface area contributed by atoms with Crippen LogP contribution in [0.15, 0.2) is 73.1 Å². The first-order valence-corrected chi connectivity index (χ1v) is 11.2. The molecule has 0 saturated heterocycles. The van der Waals surface area contributed by atoms with Crippen LogP contribution in [0, 0.1) is 0 Å². The van der Waals surface area contributed by atoms with Crippen molar-refractivity contribution in [3.63, 3.8) is 0 Å². The number of rotatable bonds is 7. The number of fused-ring (bicyclic) bond motifs is 1. The maximum Gasteiger partial charge on any atom is 0.313 e. The fraction of sp³-hybridized carbons (Fsp3) is 0.269. The molecule has 7 nitrogen and oxygen atoms in total. The van der Waals surface area contributed by atoms with E-state index < -0.39 is 11.8 Å². The lowest BCUT2D eigenvalue weighted by atomic mass is 9.97. The van der Waals surface area contributed by atoms with Gasteiger partial charge in [-0.05, 0) is 48.2 Å². The summed E-state index contributed by atoms with van der Waals surface area (Å²) in [4.78, 5) is 31.8. The number of aromatic nitrogens is 1. The van der Waals surface area contributed by atoms with Crippen molar-refractivity contribution in [1.82, 2.24) is 15.2 Å². The minimum atomic E-state index is -0.726. The van der Waals surface area contributed by atoms with Gasteiger partial charge in [0.1, 0.15) is 5.75 Å². The van der Waals surface area contributed by atoms with E-state index in [-0.39, 0.29) is 6.04 Å². The topological polar surface area (TPSA) is 83.6 Å². The van der Waals surface area contributed by atoms with Gasteiger partial charge in [0.05, 0.1) is 18.3 Å². The minimum absolute atomic E-state index is 0.0977. The second-order valence-corrected chi connectivity index (χ2v) is 7.88. The maximum atomic E-state index is 12.6. The Hall–Kier alpha value is -3.71. The van der Waals surface area contributed by atoms with Gasteiger partial charge < -0.3 is 15.4 Å². The van der Waals surface area contributed by atoms with Crippen LogP contribution in [0.25, 0.3) is 0 Å². The molecule has 1 aliphatic rings. The van der Waals surface area contributed by atoms with Crippen LogP contribution in [-0.2, 0) is 22.6 Å². The summed E-state index contributed by atoms with van der Waals surface area (Å²) in [5.74, 6) is -0.884. The lowest BCUT2D eigenvalue weighted by Gasteiger charge is -2.35.